The first-order valence-electron chi connectivity index (χ1n) is 8.27. The average Bonchev–Trinajstić information content (AvgIpc) is 3.11. The maximum atomic E-state index is 12.5. The van der Waals surface area contributed by atoms with Crippen molar-refractivity contribution in [2.75, 3.05) is 6.61 Å². The highest BCUT2D eigenvalue weighted by Crippen LogP contribution is 2.41. The minimum Gasteiger partial charge on any atom is -0.463 e. The summed E-state index contributed by atoms with van der Waals surface area (Å²) in [6.45, 7) is 3.49. The first-order chi connectivity index (χ1) is 13.0. The second-order valence-corrected chi connectivity index (χ2v) is 6.26. The number of furan rings is 1. The first-order valence-corrected chi connectivity index (χ1v) is 8.65. The molecule has 27 heavy (non-hydrogen) atoms. The zero-order valence-electron chi connectivity index (χ0n) is 14.8. The number of rotatable bonds is 4. The smallest absolute Gasteiger partial charge is 0.338 e. The van der Waals surface area contributed by atoms with Crippen LogP contribution in [0.2, 0.25) is 5.02 Å². The van der Waals surface area contributed by atoms with Gasteiger partial charge in [0, 0.05) is 10.6 Å². The summed E-state index contributed by atoms with van der Waals surface area (Å²) in [7, 11) is 0. The number of nitriles is 1. The van der Waals surface area contributed by atoms with Gasteiger partial charge >= 0.3 is 5.97 Å². The molecular formula is C20H17ClN2O4. The molecule has 0 saturated heterocycles. The second-order valence-electron chi connectivity index (χ2n) is 5.82. The van der Waals surface area contributed by atoms with Gasteiger partial charge in [0.25, 0.3) is 0 Å². The van der Waals surface area contributed by atoms with Gasteiger partial charge in [-0.15, -0.1) is 0 Å². The molecule has 0 aliphatic carbocycles. The third-order valence-electron chi connectivity index (χ3n) is 4.14. The monoisotopic (exact) mass is 384 g/mol. The molecule has 1 aliphatic rings. The van der Waals surface area contributed by atoms with Crippen LogP contribution in [-0.4, -0.2) is 12.6 Å². The van der Waals surface area contributed by atoms with Crippen molar-refractivity contribution in [3.05, 3.63) is 70.0 Å². The molecule has 0 fully saturated rings. The SMILES string of the molecule is CCOC(=O)C1=C(C)OC(N)=C(C#N)C1c1ccc(-c2ccc(Cl)cc2)o1. The fraction of sp³-hybridized carbons (Fsp3) is 0.200. The van der Waals surface area contributed by atoms with Crippen LogP contribution in [0, 0.1) is 11.3 Å². The van der Waals surface area contributed by atoms with Gasteiger partial charge in [-0.1, -0.05) is 11.6 Å². The van der Waals surface area contributed by atoms with Crippen molar-refractivity contribution in [2.45, 2.75) is 19.8 Å². The topological polar surface area (TPSA) is 98.5 Å². The molecule has 1 atom stereocenters. The Balaban J connectivity index is 2.07. The molecule has 7 heteroatoms. The van der Waals surface area contributed by atoms with Crippen molar-refractivity contribution in [3.8, 4) is 17.4 Å². The van der Waals surface area contributed by atoms with Gasteiger partial charge in [0.2, 0.25) is 5.88 Å². The Labute approximate surface area is 161 Å². The first kappa shape index (κ1) is 18.6. The van der Waals surface area contributed by atoms with Crippen LogP contribution in [0.15, 0.2) is 63.6 Å². The number of nitrogens with two attached hydrogens (primary N) is 1. The van der Waals surface area contributed by atoms with Crippen molar-refractivity contribution in [2.24, 2.45) is 5.73 Å². The summed E-state index contributed by atoms with van der Waals surface area (Å²) in [4.78, 5) is 12.5. The number of carbonyl (C=O) groups excluding carboxylic acids is 1. The fourth-order valence-electron chi connectivity index (χ4n) is 2.92. The van der Waals surface area contributed by atoms with Crippen molar-refractivity contribution in [1.82, 2.24) is 0 Å². The Kier molecular flexibility index (Phi) is 5.24. The van der Waals surface area contributed by atoms with E-state index >= 15 is 0 Å². The molecule has 0 amide bonds. The van der Waals surface area contributed by atoms with Crippen molar-refractivity contribution in [3.63, 3.8) is 0 Å². The predicted octanol–water partition coefficient (Wildman–Crippen LogP) is 4.24. The zero-order valence-corrected chi connectivity index (χ0v) is 15.5. The fourth-order valence-corrected chi connectivity index (χ4v) is 3.04. The number of esters is 1. The Hall–Kier alpha value is -3.17. The van der Waals surface area contributed by atoms with Gasteiger partial charge in [-0.3, -0.25) is 0 Å². The van der Waals surface area contributed by atoms with Gasteiger partial charge in [-0.2, -0.15) is 5.26 Å². The number of carbonyl (C=O) groups is 1. The molecule has 1 aromatic heterocycles. The van der Waals surface area contributed by atoms with Crippen LogP contribution in [-0.2, 0) is 14.3 Å². The summed E-state index contributed by atoms with van der Waals surface area (Å²) in [5.41, 5.74) is 6.97. The molecule has 2 heterocycles. The van der Waals surface area contributed by atoms with Gasteiger partial charge in [-0.25, -0.2) is 4.79 Å². The van der Waals surface area contributed by atoms with Gasteiger partial charge < -0.3 is 19.6 Å². The van der Waals surface area contributed by atoms with Gasteiger partial charge in [0.1, 0.15) is 28.9 Å². The summed E-state index contributed by atoms with van der Waals surface area (Å²) in [6.07, 6.45) is 0. The van der Waals surface area contributed by atoms with Crippen LogP contribution in [0.3, 0.4) is 0 Å². The summed E-state index contributed by atoms with van der Waals surface area (Å²) in [6, 6.07) is 12.6. The Bertz CT molecular complexity index is 980. The van der Waals surface area contributed by atoms with Crippen molar-refractivity contribution < 1.29 is 18.7 Å². The lowest BCUT2D eigenvalue weighted by Crippen LogP contribution is -2.25. The van der Waals surface area contributed by atoms with E-state index in [1.165, 1.54) is 0 Å². The minimum atomic E-state index is -0.802. The molecule has 0 radical (unpaired) electrons. The molecule has 1 aromatic carbocycles. The molecule has 2 N–H and O–H groups in total. The third-order valence-corrected chi connectivity index (χ3v) is 4.39. The predicted molar refractivity (Wildman–Crippen MR) is 99.1 cm³/mol. The largest absolute Gasteiger partial charge is 0.463 e. The van der Waals surface area contributed by atoms with E-state index in [1.807, 2.05) is 18.2 Å². The molecule has 0 spiro atoms. The summed E-state index contributed by atoms with van der Waals surface area (Å²) in [5, 5.41) is 10.2. The minimum absolute atomic E-state index is 0.0579. The highest BCUT2D eigenvalue weighted by Gasteiger charge is 2.38. The average molecular weight is 385 g/mol. The second kappa shape index (κ2) is 7.60. The zero-order chi connectivity index (χ0) is 19.6. The molecule has 3 rings (SSSR count). The van der Waals surface area contributed by atoms with Gasteiger partial charge in [0.05, 0.1) is 18.1 Å². The maximum Gasteiger partial charge on any atom is 0.338 e. The van der Waals surface area contributed by atoms with Crippen molar-refractivity contribution in [1.29, 1.82) is 5.26 Å². The number of nitrogens with zero attached hydrogens (tertiary/aromatic N) is 1. The standard InChI is InChI=1S/C20H17ClN2O4/c1-3-25-20(24)17-11(2)26-19(23)14(10-22)18(17)16-9-8-15(27-16)12-4-6-13(21)7-5-12/h4-9,18H,3,23H2,1-2H3. The van der Waals surface area contributed by atoms with Crippen LogP contribution in [0.5, 0.6) is 0 Å². The lowest BCUT2D eigenvalue weighted by atomic mass is 9.87. The Morgan fingerprint density at radius 3 is 2.63 bits per heavy atom. The van der Waals surface area contributed by atoms with Crippen LogP contribution < -0.4 is 5.73 Å². The number of hydrogen-bond donors (Lipinski definition) is 1. The normalized spacial score (nSPS) is 16.7. The quantitative estimate of drug-likeness (QED) is 0.791. The Morgan fingerprint density at radius 1 is 1.30 bits per heavy atom. The maximum absolute atomic E-state index is 12.5. The summed E-state index contributed by atoms with van der Waals surface area (Å²) >= 11 is 5.92. The van der Waals surface area contributed by atoms with Gasteiger partial charge in [0.15, 0.2) is 0 Å². The number of hydrogen-bond acceptors (Lipinski definition) is 6. The highest BCUT2D eigenvalue weighted by molar-refractivity contribution is 6.30. The molecule has 2 aromatic rings. The lowest BCUT2D eigenvalue weighted by Gasteiger charge is -2.25. The number of allylic oxidation sites excluding steroid dienone is 2. The molecule has 1 aliphatic heterocycles. The van der Waals surface area contributed by atoms with E-state index in [2.05, 4.69) is 0 Å². The van der Waals surface area contributed by atoms with E-state index in [4.69, 9.17) is 31.2 Å². The molecule has 0 bridgehead atoms. The van der Waals surface area contributed by atoms with E-state index in [0.717, 1.165) is 5.56 Å². The van der Waals surface area contributed by atoms with Crippen LogP contribution in [0.25, 0.3) is 11.3 Å². The number of ether oxygens (including phenoxy) is 2. The molecule has 1 unspecified atom stereocenters. The van der Waals surface area contributed by atoms with E-state index in [9.17, 15) is 10.1 Å². The number of benzene rings is 1. The van der Waals surface area contributed by atoms with Crippen molar-refractivity contribution >= 4 is 17.6 Å². The molecule has 138 valence electrons. The van der Waals surface area contributed by atoms with E-state index in [0.29, 0.717) is 16.5 Å². The summed E-state index contributed by atoms with van der Waals surface area (Å²) < 4.78 is 16.5. The highest BCUT2D eigenvalue weighted by atomic mass is 35.5. The lowest BCUT2D eigenvalue weighted by molar-refractivity contribution is -0.139. The van der Waals surface area contributed by atoms with E-state index in [-0.39, 0.29) is 29.4 Å². The van der Waals surface area contributed by atoms with Gasteiger partial charge in [-0.05, 0) is 50.2 Å². The molecule has 6 nitrogen and oxygen atoms in total. The van der Waals surface area contributed by atoms with Crippen LogP contribution in [0.1, 0.15) is 25.5 Å². The summed E-state index contributed by atoms with van der Waals surface area (Å²) in [5.74, 6) is -0.194. The Morgan fingerprint density at radius 2 is 2.00 bits per heavy atom. The number of halogens is 1. The van der Waals surface area contributed by atoms with Crippen LogP contribution in [0.4, 0.5) is 0 Å². The van der Waals surface area contributed by atoms with E-state index in [1.54, 1.807) is 38.1 Å². The molecular weight excluding hydrogens is 368 g/mol. The van der Waals surface area contributed by atoms with Crippen LogP contribution >= 0.6 is 11.6 Å². The third kappa shape index (κ3) is 3.55. The molecule has 0 saturated carbocycles. The van der Waals surface area contributed by atoms with E-state index < -0.39 is 11.9 Å².